The van der Waals surface area contributed by atoms with Gasteiger partial charge in [0.2, 0.25) is 0 Å². The molecular formula is C10H15ClF3N3S. The predicted octanol–water partition coefficient (Wildman–Crippen LogP) is 2.98. The number of hydrogen-bond donors (Lipinski definition) is 1. The molecule has 104 valence electrons. The van der Waals surface area contributed by atoms with Gasteiger partial charge >= 0.3 is 5.51 Å². The van der Waals surface area contributed by atoms with E-state index in [0.29, 0.717) is 11.6 Å². The Morgan fingerprint density at radius 3 is 2.61 bits per heavy atom. The Labute approximate surface area is 113 Å². The average Bonchev–Trinajstić information content (AvgIpc) is 2.53. The van der Waals surface area contributed by atoms with Crippen LogP contribution in [0.25, 0.3) is 0 Å². The molecule has 1 N–H and O–H groups in total. The summed E-state index contributed by atoms with van der Waals surface area (Å²) in [6, 6.07) is 0. The Hall–Kier alpha value is -0.400. The van der Waals surface area contributed by atoms with Gasteiger partial charge in [-0.05, 0) is 18.2 Å². The second-order valence-electron chi connectivity index (χ2n) is 3.66. The lowest BCUT2D eigenvalue weighted by atomic mass is 10.3. The van der Waals surface area contributed by atoms with Crippen LogP contribution in [0.15, 0.2) is 0 Å². The Morgan fingerprint density at radius 1 is 1.44 bits per heavy atom. The summed E-state index contributed by atoms with van der Waals surface area (Å²) in [4.78, 5) is 0. The lowest BCUT2D eigenvalue weighted by Gasteiger charge is -2.07. The number of aromatic nitrogens is 2. The third-order valence-electron chi connectivity index (χ3n) is 2.34. The van der Waals surface area contributed by atoms with Gasteiger partial charge in [-0.3, -0.25) is 4.68 Å². The van der Waals surface area contributed by atoms with Gasteiger partial charge in [-0.1, -0.05) is 18.5 Å². The first kappa shape index (κ1) is 15.7. The van der Waals surface area contributed by atoms with Gasteiger partial charge in [-0.15, -0.1) is 0 Å². The maximum atomic E-state index is 11.9. The zero-order valence-electron chi connectivity index (χ0n) is 10.1. The maximum Gasteiger partial charge on any atom is 0.441 e. The maximum absolute atomic E-state index is 11.9. The molecule has 0 aliphatic carbocycles. The lowest BCUT2D eigenvalue weighted by Crippen LogP contribution is -2.20. The molecule has 0 spiro atoms. The molecule has 0 radical (unpaired) electrons. The van der Waals surface area contributed by atoms with Crippen molar-refractivity contribution in [1.82, 2.24) is 15.1 Å². The van der Waals surface area contributed by atoms with E-state index in [4.69, 9.17) is 11.6 Å². The van der Waals surface area contributed by atoms with Crippen LogP contribution >= 0.6 is 23.4 Å². The molecule has 1 aromatic heterocycles. The van der Waals surface area contributed by atoms with Crippen LogP contribution in [0.4, 0.5) is 13.2 Å². The van der Waals surface area contributed by atoms with E-state index in [1.54, 1.807) is 11.7 Å². The Kier molecular flexibility index (Phi) is 5.81. The van der Waals surface area contributed by atoms with Gasteiger partial charge in [0.1, 0.15) is 0 Å². The number of nitrogens with one attached hydrogen (secondary N) is 1. The van der Waals surface area contributed by atoms with Crippen molar-refractivity contribution >= 4 is 23.4 Å². The van der Waals surface area contributed by atoms with Crippen LogP contribution in [0, 0.1) is 0 Å². The SMILES string of the molecule is CCc1nn(C)c(CNCCSC(F)(F)F)c1Cl. The van der Waals surface area contributed by atoms with Crippen molar-refractivity contribution in [2.24, 2.45) is 7.05 Å². The molecule has 0 aliphatic rings. The van der Waals surface area contributed by atoms with Crippen molar-refractivity contribution in [2.75, 3.05) is 12.3 Å². The molecule has 0 aromatic carbocycles. The summed E-state index contributed by atoms with van der Waals surface area (Å²) in [5, 5.41) is 7.75. The van der Waals surface area contributed by atoms with Gasteiger partial charge in [-0.2, -0.15) is 18.3 Å². The highest BCUT2D eigenvalue weighted by Crippen LogP contribution is 2.29. The molecule has 18 heavy (non-hydrogen) atoms. The Bertz CT molecular complexity index is 392. The first-order valence-corrected chi connectivity index (χ1v) is 6.83. The van der Waals surface area contributed by atoms with Crippen LogP contribution in [0.2, 0.25) is 5.02 Å². The highest BCUT2D eigenvalue weighted by molar-refractivity contribution is 8.00. The molecule has 3 nitrogen and oxygen atoms in total. The van der Waals surface area contributed by atoms with Crippen molar-refractivity contribution in [3.63, 3.8) is 0 Å². The summed E-state index contributed by atoms with van der Waals surface area (Å²) in [6.07, 6.45) is 0.733. The van der Waals surface area contributed by atoms with Crippen molar-refractivity contribution in [1.29, 1.82) is 0 Å². The van der Waals surface area contributed by atoms with E-state index < -0.39 is 5.51 Å². The normalized spacial score (nSPS) is 12.1. The van der Waals surface area contributed by atoms with E-state index in [0.717, 1.165) is 17.8 Å². The van der Waals surface area contributed by atoms with Gasteiger partial charge in [-0.25, -0.2) is 0 Å². The second kappa shape index (κ2) is 6.68. The molecule has 0 amide bonds. The highest BCUT2D eigenvalue weighted by Gasteiger charge is 2.27. The van der Waals surface area contributed by atoms with Crippen LogP contribution in [0.5, 0.6) is 0 Å². The zero-order chi connectivity index (χ0) is 13.8. The first-order valence-electron chi connectivity index (χ1n) is 5.46. The Morgan fingerprint density at radius 2 is 2.11 bits per heavy atom. The fourth-order valence-corrected chi connectivity index (χ4v) is 2.30. The number of halogens is 4. The van der Waals surface area contributed by atoms with Gasteiger partial charge < -0.3 is 5.32 Å². The average molecular weight is 302 g/mol. The van der Waals surface area contributed by atoms with Crippen LogP contribution in [0.1, 0.15) is 18.3 Å². The van der Waals surface area contributed by atoms with Crippen LogP contribution in [0.3, 0.4) is 0 Å². The largest absolute Gasteiger partial charge is 0.441 e. The molecule has 0 saturated carbocycles. The third-order valence-corrected chi connectivity index (χ3v) is 3.51. The molecule has 0 fully saturated rings. The standard InChI is InChI=1S/C10H15ClF3N3S/c1-3-7-9(11)8(17(2)16-7)6-15-4-5-18-10(12,13)14/h15H,3-6H2,1-2H3. The first-order chi connectivity index (χ1) is 8.35. The number of nitrogens with zero attached hydrogens (tertiary/aromatic N) is 2. The number of thioether (sulfide) groups is 1. The number of alkyl halides is 3. The zero-order valence-corrected chi connectivity index (χ0v) is 11.7. The summed E-state index contributed by atoms with van der Waals surface area (Å²) in [6.45, 7) is 2.64. The van der Waals surface area contributed by atoms with Crippen molar-refractivity contribution in [2.45, 2.75) is 25.4 Å². The molecule has 0 atom stereocenters. The molecule has 0 saturated heterocycles. The van der Waals surface area contributed by atoms with Crippen LogP contribution in [-0.4, -0.2) is 27.6 Å². The number of aryl methyl sites for hydroxylation is 2. The molecule has 0 bridgehead atoms. The number of rotatable bonds is 6. The molecule has 1 rings (SSSR count). The lowest BCUT2D eigenvalue weighted by molar-refractivity contribution is -0.0327. The highest BCUT2D eigenvalue weighted by atomic mass is 35.5. The Balaban J connectivity index is 2.38. The number of hydrogen-bond acceptors (Lipinski definition) is 3. The summed E-state index contributed by atoms with van der Waals surface area (Å²) in [7, 11) is 1.77. The van der Waals surface area contributed by atoms with Gasteiger partial charge in [0.15, 0.2) is 0 Å². The fourth-order valence-electron chi connectivity index (χ4n) is 1.46. The van der Waals surface area contributed by atoms with Crippen molar-refractivity contribution in [3.8, 4) is 0 Å². The van der Waals surface area contributed by atoms with Crippen LogP contribution in [-0.2, 0) is 20.0 Å². The van der Waals surface area contributed by atoms with Gasteiger partial charge in [0, 0.05) is 25.9 Å². The molecule has 1 heterocycles. The van der Waals surface area contributed by atoms with Gasteiger partial charge in [0.25, 0.3) is 0 Å². The summed E-state index contributed by atoms with van der Waals surface area (Å²) >= 11 is 6.08. The second-order valence-corrected chi connectivity index (χ2v) is 5.19. The minimum Gasteiger partial charge on any atom is -0.310 e. The minimum absolute atomic E-state index is 0.0143. The van der Waals surface area contributed by atoms with Gasteiger partial charge in [0.05, 0.1) is 16.4 Å². The van der Waals surface area contributed by atoms with E-state index >= 15 is 0 Å². The van der Waals surface area contributed by atoms with E-state index in [9.17, 15) is 13.2 Å². The minimum atomic E-state index is -4.17. The van der Waals surface area contributed by atoms with Crippen molar-refractivity contribution in [3.05, 3.63) is 16.4 Å². The summed E-state index contributed by atoms with van der Waals surface area (Å²) in [5.41, 5.74) is -2.56. The van der Waals surface area contributed by atoms with Crippen LogP contribution < -0.4 is 5.32 Å². The fraction of sp³-hybridized carbons (Fsp3) is 0.700. The summed E-state index contributed by atoms with van der Waals surface area (Å²) < 4.78 is 37.3. The molecule has 0 unspecified atom stereocenters. The summed E-state index contributed by atoms with van der Waals surface area (Å²) in [5.74, 6) is -0.0143. The van der Waals surface area contributed by atoms with E-state index in [-0.39, 0.29) is 24.1 Å². The van der Waals surface area contributed by atoms with E-state index in [1.165, 1.54) is 0 Å². The molecule has 8 heteroatoms. The molecular weight excluding hydrogens is 287 g/mol. The van der Waals surface area contributed by atoms with Crippen molar-refractivity contribution < 1.29 is 13.2 Å². The third kappa shape index (κ3) is 4.70. The quantitative estimate of drug-likeness (QED) is 0.819. The molecule has 0 aliphatic heterocycles. The monoisotopic (exact) mass is 301 g/mol. The topological polar surface area (TPSA) is 29.9 Å². The van der Waals surface area contributed by atoms with E-state index in [1.807, 2.05) is 6.92 Å². The van der Waals surface area contributed by atoms with E-state index in [2.05, 4.69) is 10.4 Å². The predicted molar refractivity (Wildman–Crippen MR) is 67.8 cm³/mol. The smallest absolute Gasteiger partial charge is 0.310 e. The molecule has 1 aromatic rings.